The first-order chi connectivity index (χ1) is 9.52. The monoisotopic (exact) mass is 423 g/mol. The van der Waals surface area contributed by atoms with E-state index in [1.807, 2.05) is 29.5 Å². The lowest BCUT2D eigenvalue weighted by Gasteiger charge is -2.16. The normalized spacial score (nSPS) is 12.2. The Morgan fingerprint density at radius 2 is 2.25 bits per heavy atom. The summed E-state index contributed by atoms with van der Waals surface area (Å²) >= 11 is 14.0. The van der Waals surface area contributed by atoms with E-state index >= 15 is 0 Å². The summed E-state index contributed by atoms with van der Waals surface area (Å²) in [6.07, 6.45) is 4.11. The lowest BCUT2D eigenvalue weighted by atomic mass is 10.1. The van der Waals surface area contributed by atoms with Crippen molar-refractivity contribution in [3.8, 4) is 0 Å². The predicted molar refractivity (Wildman–Crippen MR) is 88.3 cm³/mol. The average molecular weight is 424 g/mol. The van der Waals surface area contributed by atoms with Crippen LogP contribution < -0.4 is 5.32 Å². The number of amides is 1. The van der Waals surface area contributed by atoms with Crippen molar-refractivity contribution in [1.82, 2.24) is 15.3 Å². The van der Waals surface area contributed by atoms with Crippen LogP contribution in [0.1, 0.15) is 35.6 Å². The molecule has 106 valence electrons. The van der Waals surface area contributed by atoms with E-state index in [2.05, 4.69) is 15.3 Å². The first kappa shape index (κ1) is 15.6. The minimum atomic E-state index is -0.220. The number of aromatic amines is 1. The zero-order valence-electron chi connectivity index (χ0n) is 10.6. The fourth-order valence-corrected chi connectivity index (χ4v) is 2.84. The topological polar surface area (TPSA) is 57.8 Å². The van der Waals surface area contributed by atoms with Gasteiger partial charge in [-0.25, -0.2) is 4.98 Å². The lowest BCUT2D eigenvalue weighted by molar-refractivity contribution is 0.0933. The average Bonchev–Trinajstić information content (AvgIpc) is 2.93. The summed E-state index contributed by atoms with van der Waals surface area (Å²) < 4.78 is 0.681. The molecule has 0 spiro atoms. The zero-order valence-corrected chi connectivity index (χ0v) is 14.3. The summed E-state index contributed by atoms with van der Waals surface area (Å²) in [5.74, 6) is 0.506. The largest absolute Gasteiger partial charge is 0.347 e. The van der Waals surface area contributed by atoms with Crippen LogP contribution in [0, 0.1) is 3.57 Å². The van der Waals surface area contributed by atoms with E-state index in [1.165, 1.54) is 0 Å². The van der Waals surface area contributed by atoms with E-state index in [0.29, 0.717) is 19.2 Å². The SMILES string of the molecule is CCC(NC(=O)c1cc(Cl)cc(Cl)c1I)c1ncc[nH]1. The number of hydrogen-bond donors (Lipinski definition) is 2. The zero-order chi connectivity index (χ0) is 14.7. The smallest absolute Gasteiger partial charge is 0.253 e. The Labute approximate surface area is 140 Å². The van der Waals surface area contributed by atoms with Crippen molar-refractivity contribution in [1.29, 1.82) is 0 Å². The van der Waals surface area contributed by atoms with Crippen LogP contribution in [0.2, 0.25) is 10.0 Å². The Kier molecular flexibility index (Phi) is 5.29. The van der Waals surface area contributed by atoms with Crippen LogP contribution in [-0.2, 0) is 0 Å². The van der Waals surface area contributed by atoms with Crippen molar-refractivity contribution in [2.24, 2.45) is 0 Å². The fourth-order valence-electron chi connectivity index (χ4n) is 1.79. The van der Waals surface area contributed by atoms with Gasteiger partial charge in [-0.15, -0.1) is 0 Å². The Balaban J connectivity index is 2.24. The van der Waals surface area contributed by atoms with E-state index < -0.39 is 0 Å². The van der Waals surface area contributed by atoms with Crippen molar-refractivity contribution >= 4 is 51.7 Å². The second kappa shape index (κ2) is 6.78. The molecular formula is C13H12Cl2IN3O. The number of nitrogens with zero attached hydrogens (tertiary/aromatic N) is 1. The number of benzene rings is 1. The highest BCUT2D eigenvalue weighted by Gasteiger charge is 2.19. The highest BCUT2D eigenvalue weighted by Crippen LogP contribution is 2.27. The summed E-state index contributed by atoms with van der Waals surface area (Å²) in [6, 6.07) is 3.05. The third-order valence-corrected chi connectivity index (χ3v) is 4.80. The predicted octanol–water partition coefficient (Wildman–Crippen LogP) is 4.20. The van der Waals surface area contributed by atoms with E-state index in [1.54, 1.807) is 24.5 Å². The summed E-state index contributed by atoms with van der Waals surface area (Å²) in [5.41, 5.74) is 0.466. The number of carbonyl (C=O) groups is 1. The molecule has 0 fully saturated rings. The number of H-pyrrole nitrogens is 1. The van der Waals surface area contributed by atoms with Gasteiger partial charge < -0.3 is 10.3 Å². The molecular weight excluding hydrogens is 412 g/mol. The molecule has 2 N–H and O–H groups in total. The van der Waals surface area contributed by atoms with E-state index in [4.69, 9.17) is 23.2 Å². The van der Waals surface area contributed by atoms with Crippen LogP contribution in [0.5, 0.6) is 0 Å². The minimum Gasteiger partial charge on any atom is -0.347 e. The molecule has 0 saturated carbocycles. The molecule has 1 aromatic carbocycles. The molecule has 2 rings (SSSR count). The van der Waals surface area contributed by atoms with Gasteiger partial charge in [0.2, 0.25) is 0 Å². The van der Waals surface area contributed by atoms with Gasteiger partial charge in [-0.2, -0.15) is 0 Å². The summed E-state index contributed by atoms with van der Waals surface area (Å²) in [5, 5.41) is 3.83. The Morgan fingerprint density at radius 1 is 1.50 bits per heavy atom. The highest BCUT2D eigenvalue weighted by molar-refractivity contribution is 14.1. The number of nitrogens with one attached hydrogen (secondary N) is 2. The third kappa shape index (κ3) is 3.45. The quantitative estimate of drug-likeness (QED) is 0.571. The summed E-state index contributed by atoms with van der Waals surface area (Å²) in [6.45, 7) is 1.98. The molecule has 7 heteroatoms. The molecule has 0 bridgehead atoms. The van der Waals surface area contributed by atoms with Gasteiger partial charge in [0.15, 0.2) is 0 Å². The van der Waals surface area contributed by atoms with E-state index in [-0.39, 0.29) is 11.9 Å². The van der Waals surface area contributed by atoms with E-state index in [0.717, 1.165) is 12.2 Å². The van der Waals surface area contributed by atoms with Crippen molar-refractivity contribution < 1.29 is 4.79 Å². The maximum Gasteiger partial charge on any atom is 0.253 e. The maximum atomic E-state index is 12.4. The number of halogens is 3. The van der Waals surface area contributed by atoms with E-state index in [9.17, 15) is 4.79 Å². The molecule has 4 nitrogen and oxygen atoms in total. The molecule has 1 amide bonds. The molecule has 0 aliphatic heterocycles. The Hall–Kier alpha value is -0.790. The van der Waals surface area contributed by atoms with Crippen molar-refractivity contribution in [3.05, 3.63) is 49.5 Å². The second-order valence-corrected chi connectivity index (χ2v) is 6.08. The van der Waals surface area contributed by atoms with Crippen LogP contribution in [0.4, 0.5) is 0 Å². The Bertz CT molecular complexity index is 616. The molecule has 0 radical (unpaired) electrons. The van der Waals surface area contributed by atoms with Crippen molar-refractivity contribution in [2.75, 3.05) is 0 Å². The fraction of sp³-hybridized carbons (Fsp3) is 0.231. The van der Waals surface area contributed by atoms with Crippen LogP contribution in [0.3, 0.4) is 0 Å². The number of aromatic nitrogens is 2. The summed E-state index contributed by atoms with van der Waals surface area (Å²) in [7, 11) is 0. The first-order valence-corrected chi connectivity index (χ1v) is 7.81. The highest BCUT2D eigenvalue weighted by atomic mass is 127. The Morgan fingerprint density at radius 3 is 2.85 bits per heavy atom. The van der Waals surface area contributed by atoms with Gasteiger partial charge in [-0.05, 0) is 41.1 Å². The van der Waals surface area contributed by atoms with Crippen LogP contribution in [0.25, 0.3) is 0 Å². The van der Waals surface area contributed by atoms with Gasteiger partial charge in [0.05, 0.1) is 16.6 Å². The number of hydrogen-bond acceptors (Lipinski definition) is 2. The summed E-state index contributed by atoms with van der Waals surface area (Å²) in [4.78, 5) is 19.5. The molecule has 0 aliphatic rings. The number of carbonyl (C=O) groups excluding carboxylic acids is 1. The number of rotatable bonds is 4. The van der Waals surface area contributed by atoms with Crippen molar-refractivity contribution in [3.63, 3.8) is 0 Å². The van der Waals surface area contributed by atoms with Crippen LogP contribution in [-0.4, -0.2) is 15.9 Å². The second-order valence-electron chi connectivity index (χ2n) is 4.16. The number of imidazole rings is 1. The molecule has 1 unspecified atom stereocenters. The van der Waals surface area contributed by atoms with Crippen LogP contribution in [0.15, 0.2) is 24.5 Å². The lowest BCUT2D eigenvalue weighted by Crippen LogP contribution is -2.29. The first-order valence-electron chi connectivity index (χ1n) is 5.97. The third-order valence-electron chi connectivity index (χ3n) is 2.80. The van der Waals surface area contributed by atoms with Gasteiger partial charge >= 0.3 is 0 Å². The standard InChI is InChI=1S/C13H12Cl2IN3O/c1-2-10(12-17-3-4-18-12)19-13(20)8-5-7(14)6-9(15)11(8)16/h3-6,10H,2H2,1H3,(H,17,18)(H,19,20). The molecule has 20 heavy (non-hydrogen) atoms. The van der Waals surface area contributed by atoms with Gasteiger partial charge in [-0.3, -0.25) is 4.79 Å². The van der Waals surface area contributed by atoms with Crippen molar-refractivity contribution in [2.45, 2.75) is 19.4 Å². The molecule has 1 atom stereocenters. The maximum absolute atomic E-state index is 12.4. The van der Waals surface area contributed by atoms with Crippen LogP contribution >= 0.6 is 45.8 Å². The van der Waals surface area contributed by atoms with Gasteiger partial charge in [0, 0.05) is 21.0 Å². The van der Waals surface area contributed by atoms with Gasteiger partial charge in [0.1, 0.15) is 5.82 Å². The molecule has 2 aromatic rings. The molecule has 1 aromatic heterocycles. The minimum absolute atomic E-state index is 0.175. The van der Waals surface area contributed by atoms with Gasteiger partial charge in [0.25, 0.3) is 5.91 Å². The van der Waals surface area contributed by atoms with Gasteiger partial charge in [-0.1, -0.05) is 30.1 Å². The molecule has 0 aliphatic carbocycles. The molecule has 1 heterocycles. The molecule has 0 saturated heterocycles.